The van der Waals surface area contributed by atoms with Crippen LogP contribution in [0.5, 0.6) is 0 Å². The molecule has 0 unspecified atom stereocenters. The van der Waals surface area contributed by atoms with Crippen molar-refractivity contribution < 1.29 is 31.1 Å². The molecule has 118 valence electrons. The van der Waals surface area contributed by atoms with Crippen LogP contribution in [0.15, 0.2) is 29.8 Å². The molecular weight excluding hydrogens is 334 g/mol. The van der Waals surface area contributed by atoms with Crippen LogP contribution in [0.2, 0.25) is 0 Å². The quantitative estimate of drug-likeness (QED) is 0.822. The molecule has 22 heavy (non-hydrogen) atoms. The SMILES string of the molecule is O=C(Nc1cccc(C(F)(F)F)c1)c1scnc1C(F)(F)F. The molecule has 1 aromatic carbocycles. The van der Waals surface area contributed by atoms with Crippen LogP contribution < -0.4 is 5.32 Å². The van der Waals surface area contributed by atoms with Crippen molar-refractivity contribution in [3.8, 4) is 0 Å². The van der Waals surface area contributed by atoms with Gasteiger partial charge in [-0.3, -0.25) is 4.79 Å². The molecule has 1 N–H and O–H groups in total. The minimum Gasteiger partial charge on any atom is -0.321 e. The van der Waals surface area contributed by atoms with Crippen molar-refractivity contribution >= 4 is 22.9 Å². The van der Waals surface area contributed by atoms with Crippen molar-refractivity contribution in [2.24, 2.45) is 0 Å². The molecule has 0 aliphatic heterocycles. The number of hydrogen-bond acceptors (Lipinski definition) is 3. The molecule has 0 spiro atoms. The Balaban J connectivity index is 2.25. The Labute approximate surface area is 123 Å². The average molecular weight is 340 g/mol. The normalized spacial score (nSPS) is 12.3. The Morgan fingerprint density at radius 1 is 1.09 bits per heavy atom. The molecule has 1 heterocycles. The Kier molecular flexibility index (Phi) is 4.14. The maximum atomic E-state index is 12.6. The lowest BCUT2D eigenvalue weighted by molar-refractivity contribution is -0.141. The molecule has 1 aromatic heterocycles. The van der Waals surface area contributed by atoms with Crippen molar-refractivity contribution in [1.82, 2.24) is 4.98 Å². The Hall–Kier alpha value is -2.10. The third kappa shape index (κ3) is 3.56. The minimum absolute atomic E-state index is 0.263. The first-order chi connectivity index (χ1) is 10.1. The number of alkyl halides is 6. The molecule has 0 saturated heterocycles. The first-order valence-corrected chi connectivity index (χ1v) is 6.46. The number of hydrogen-bond donors (Lipinski definition) is 1. The van der Waals surface area contributed by atoms with Crippen LogP contribution in [0, 0.1) is 0 Å². The van der Waals surface area contributed by atoms with Gasteiger partial charge in [0.2, 0.25) is 0 Å². The first kappa shape index (κ1) is 16.3. The molecule has 0 radical (unpaired) electrons. The summed E-state index contributed by atoms with van der Waals surface area (Å²) in [4.78, 5) is 14.1. The zero-order valence-corrected chi connectivity index (χ0v) is 11.2. The van der Waals surface area contributed by atoms with Gasteiger partial charge in [-0.15, -0.1) is 11.3 Å². The van der Waals surface area contributed by atoms with E-state index in [0.29, 0.717) is 17.4 Å². The molecule has 0 fully saturated rings. The van der Waals surface area contributed by atoms with Crippen LogP contribution in [0.1, 0.15) is 20.9 Å². The molecule has 0 aliphatic rings. The van der Waals surface area contributed by atoms with Gasteiger partial charge in [0.1, 0.15) is 4.88 Å². The number of nitrogens with one attached hydrogen (secondary N) is 1. The molecule has 0 saturated carbocycles. The van der Waals surface area contributed by atoms with Crippen molar-refractivity contribution in [2.75, 3.05) is 5.32 Å². The summed E-state index contributed by atoms with van der Waals surface area (Å²) in [5, 5.41) is 2.00. The zero-order valence-electron chi connectivity index (χ0n) is 10.4. The van der Waals surface area contributed by atoms with E-state index in [0.717, 1.165) is 23.7 Å². The number of benzene rings is 1. The van der Waals surface area contributed by atoms with Crippen molar-refractivity contribution in [3.63, 3.8) is 0 Å². The second kappa shape index (κ2) is 5.59. The third-order valence-electron chi connectivity index (χ3n) is 2.49. The summed E-state index contributed by atoms with van der Waals surface area (Å²) >= 11 is 0.448. The summed E-state index contributed by atoms with van der Waals surface area (Å²) < 4.78 is 75.4. The van der Waals surface area contributed by atoms with E-state index in [-0.39, 0.29) is 5.69 Å². The van der Waals surface area contributed by atoms with E-state index in [1.165, 1.54) is 0 Å². The van der Waals surface area contributed by atoms with Crippen LogP contribution in [0.4, 0.5) is 32.0 Å². The predicted octanol–water partition coefficient (Wildman–Crippen LogP) is 4.43. The number of carbonyl (C=O) groups excluding carboxylic acids is 1. The molecule has 0 bridgehead atoms. The summed E-state index contributed by atoms with van der Waals surface area (Å²) in [7, 11) is 0. The number of thiazole rings is 1. The fourth-order valence-corrected chi connectivity index (χ4v) is 2.27. The zero-order chi connectivity index (χ0) is 16.5. The summed E-state index contributed by atoms with van der Waals surface area (Å²) in [6.45, 7) is 0. The number of halogens is 6. The maximum absolute atomic E-state index is 12.6. The van der Waals surface area contributed by atoms with E-state index in [1.54, 1.807) is 0 Å². The molecule has 0 atom stereocenters. The molecule has 1 amide bonds. The number of anilines is 1. The van der Waals surface area contributed by atoms with Crippen molar-refractivity contribution in [1.29, 1.82) is 0 Å². The Morgan fingerprint density at radius 2 is 1.77 bits per heavy atom. The minimum atomic E-state index is -4.82. The summed E-state index contributed by atoms with van der Waals surface area (Å²) in [6, 6.07) is 3.59. The number of aromatic nitrogens is 1. The van der Waals surface area contributed by atoms with Gasteiger partial charge in [-0.25, -0.2) is 4.98 Å². The highest BCUT2D eigenvalue weighted by Gasteiger charge is 2.38. The molecule has 2 rings (SSSR count). The smallest absolute Gasteiger partial charge is 0.321 e. The number of carbonyl (C=O) groups is 1. The van der Waals surface area contributed by atoms with Crippen LogP contribution in [0.3, 0.4) is 0 Å². The summed E-state index contributed by atoms with van der Waals surface area (Å²) in [5.74, 6) is -1.17. The molecule has 2 aromatic rings. The largest absolute Gasteiger partial charge is 0.434 e. The molecule has 3 nitrogen and oxygen atoms in total. The molecule has 0 aliphatic carbocycles. The lowest BCUT2D eigenvalue weighted by Gasteiger charge is -2.10. The monoisotopic (exact) mass is 340 g/mol. The fraction of sp³-hybridized carbons (Fsp3) is 0.167. The second-order valence-electron chi connectivity index (χ2n) is 4.06. The van der Waals surface area contributed by atoms with Gasteiger partial charge in [0.05, 0.1) is 11.1 Å². The van der Waals surface area contributed by atoms with Gasteiger partial charge < -0.3 is 5.32 Å². The van der Waals surface area contributed by atoms with Crippen LogP contribution >= 0.6 is 11.3 Å². The highest BCUT2D eigenvalue weighted by atomic mass is 32.1. The topological polar surface area (TPSA) is 42.0 Å². The Bertz CT molecular complexity index is 691. The third-order valence-corrected chi connectivity index (χ3v) is 3.32. The van der Waals surface area contributed by atoms with Gasteiger partial charge >= 0.3 is 12.4 Å². The molecular formula is C12H6F6N2OS. The van der Waals surface area contributed by atoms with E-state index < -0.39 is 34.4 Å². The van der Waals surface area contributed by atoms with E-state index >= 15 is 0 Å². The lowest BCUT2D eigenvalue weighted by Crippen LogP contribution is -2.17. The van der Waals surface area contributed by atoms with Gasteiger partial charge in [-0.05, 0) is 18.2 Å². The van der Waals surface area contributed by atoms with E-state index in [1.807, 2.05) is 5.32 Å². The number of rotatable bonds is 2. The average Bonchev–Trinajstić information content (AvgIpc) is 2.87. The van der Waals surface area contributed by atoms with Gasteiger partial charge in [-0.1, -0.05) is 6.07 Å². The highest BCUT2D eigenvalue weighted by molar-refractivity contribution is 7.12. The van der Waals surface area contributed by atoms with E-state index in [2.05, 4.69) is 4.98 Å². The van der Waals surface area contributed by atoms with Gasteiger partial charge in [-0.2, -0.15) is 26.3 Å². The number of nitrogens with zero attached hydrogens (tertiary/aromatic N) is 1. The first-order valence-electron chi connectivity index (χ1n) is 5.58. The van der Waals surface area contributed by atoms with Gasteiger partial charge in [0.25, 0.3) is 5.91 Å². The summed E-state index contributed by atoms with van der Waals surface area (Å²) in [6.07, 6.45) is -9.44. The number of amides is 1. The van der Waals surface area contributed by atoms with E-state index in [9.17, 15) is 31.1 Å². The standard InChI is InChI=1S/C12H6F6N2OS/c13-11(14,15)6-2-1-3-7(4-6)20-10(21)8-9(12(16,17)18)19-5-22-8/h1-5H,(H,20,21). The fourth-order valence-electron chi connectivity index (χ4n) is 1.57. The summed E-state index contributed by atoms with van der Waals surface area (Å²) in [5.41, 5.74) is -1.82. The van der Waals surface area contributed by atoms with E-state index in [4.69, 9.17) is 0 Å². The highest BCUT2D eigenvalue weighted by Crippen LogP contribution is 2.34. The maximum Gasteiger partial charge on any atom is 0.434 e. The van der Waals surface area contributed by atoms with Crippen molar-refractivity contribution in [3.05, 3.63) is 45.9 Å². The lowest BCUT2D eigenvalue weighted by atomic mass is 10.2. The van der Waals surface area contributed by atoms with Crippen molar-refractivity contribution in [2.45, 2.75) is 12.4 Å². The predicted molar refractivity (Wildman–Crippen MR) is 66.5 cm³/mol. The second-order valence-corrected chi connectivity index (χ2v) is 4.92. The Morgan fingerprint density at radius 3 is 2.36 bits per heavy atom. The van der Waals surface area contributed by atoms with Gasteiger partial charge in [0, 0.05) is 5.69 Å². The van der Waals surface area contributed by atoms with Gasteiger partial charge in [0.15, 0.2) is 5.69 Å². The van der Waals surface area contributed by atoms with Crippen LogP contribution in [-0.2, 0) is 12.4 Å². The van der Waals surface area contributed by atoms with Crippen LogP contribution in [0.25, 0.3) is 0 Å². The molecule has 10 heteroatoms. The van der Waals surface area contributed by atoms with Crippen LogP contribution in [-0.4, -0.2) is 10.9 Å².